The average molecular weight is 376 g/mol. The molecule has 0 heterocycles. The van der Waals surface area contributed by atoms with Gasteiger partial charge in [0.2, 0.25) is 0 Å². The van der Waals surface area contributed by atoms with Gasteiger partial charge < -0.3 is 24.8 Å². The molecule has 0 unspecified atom stereocenters. The van der Waals surface area contributed by atoms with Crippen molar-refractivity contribution in [2.75, 3.05) is 5.75 Å². The van der Waals surface area contributed by atoms with Gasteiger partial charge in [0.25, 0.3) is 0 Å². The van der Waals surface area contributed by atoms with Gasteiger partial charge in [0.05, 0.1) is 0 Å². The van der Waals surface area contributed by atoms with E-state index in [1.807, 2.05) is 11.8 Å². The summed E-state index contributed by atoms with van der Waals surface area (Å²) in [5.41, 5.74) is 2.81. The second-order valence-corrected chi connectivity index (χ2v) is 6.30. The summed E-state index contributed by atoms with van der Waals surface area (Å²) in [5, 5.41) is 0. The number of hydrogen-bond acceptors (Lipinski definition) is 1. The van der Waals surface area contributed by atoms with Gasteiger partial charge in [-0.2, -0.15) is 6.08 Å². The zero-order valence-electron chi connectivity index (χ0n) is 12.7. The van der Waals surface area contributed by atoms with E-state index in [1.165, 1.54) is 28.2 Å². The first-order valence-corrected chi connectivity index (χ1v) is 7.65. The Labute approximate surface area is 160 Å². The molecule has 1 aliphatic carbocycles. The fourth-order valence-electron chi connectivity index (χ4n) is 2.30. The number of hydrogen-bond donors (Lipinski definition) is 0. The van der Waals surface area contributed by atoms with Crippen molar-refractivity contribution in [3.8, 4) is 0 Å². The standard InChI is InChI=1S/C17H21S.2ClH.Ti/c1-4-13-18-16-12-8-7-11-15(16)17(2,3)14-9-5-6-10-14;;;/h5,7-9,11-12H,4,6,13H2,1-3H3;2*1H;/q-1;;;+3/p-2. The quantitative estimate of drug-likeness (QED) is 0.367. The van der Waals surface area contributed by atoms with Crippen LogP contribution in [0.4, 0.5) is 0 Å². The van der Waals surface area contributed by atoms with Crippen molar-refractivity contribution < 1.29 is 46.5 Å². The van der Waals surface area contributed by atoms with E-state index in [1.54, 1.807) is 0 Å². The topological polar surface area (TPSA) is 0 Å². The predicted octanol–water partition coefficient (Wildman–Crippen LogP) is -0.839. The molecule has 0 aliphatic heterocycles. The van der Waals surface area contributed by atoms with Crippen LogP contribution in [0.15, 0.2) is 46.9 Å². The van der Waals surface area contributed by atoms with Crippen molar-refractivity contribution >= 4 is 11.8 Å². The van der Waals surface area contributed by atoms with Crippen LogP contribution in [0.2, 0.25) is 0 Å². The van der Waals surface area contributed by atoms with Gasteiger partial charge in [-0.05, 0) is 29.2 Å². The second kappa shape index (κ2) is 11.0. The van der Waals surface area contributed by atoms with Crippen molar-refractivity contribution in [2.24, 2.45) is 0 Å². The average Bonchev–Trinajstić information content (AvgIpc) is 2.91. The third-order valence-electron chi connectivity index (χ3n) is 3.39. The molecule has 0 aromatic heterocycles. The smallest absolute Gasteiger partial charge is 1.00 e. The van der Waals surface area contributed by atoms with Gasteiger partial charge in [0.1, 0.15) is 0 Å². The molecule has 113 valence electrons. The molecule has 0 bridgehead atoms. The molecule has 4 heteroatoms. The molecule has 2 rings (SSSR count). The first-order chi connectivity index (χ1) is 8.66. The summed E-state index contributed by atoms with van der Waals surface area (Å²) in [6, 6.07) is 8.79. The van der Waals surface area contributed by atoms with Crippen molar-refractivity contribution in [1.29, 1.82) is 0 Å². The van der Waals surface area contributed by atoms with Gasteiger partial charge in [0.15, 0.2) is 0 Å². The molecule has 0 saturated heterocycles. The van der Waals surface area contributed by atoms with Crippen LogP contribution in [0.1, 0.15) is 39.2 Å². The summed E-state index contributed by atoms with van der Waals surface area (Å²) in [5.74, 6) is 1.19. The number of halogens is 2. The Morgan fingerprint density at radius 3 is 2.43 bits per heavy atom. The molecule has 1 radical (unpaired) electrons. The Bertz CT molecular complexity index is 481. The van der Waals surface area contributed by atoms with Crippen LogP contribution in [-0.2, 0) is 27.1 Å². The van der Waals surface area contributed by atoms with Crippen LogP contribution in [0.3, 0.4) is 0 Å². The summed E-state index contributed by atoms with van der Waals surface area (Å²) in [6.45, 7) is 6.84. The Morgan fingerprint density at radius 2 is 1.86 bits per heavy atom. The fourth-order valence-corrected chi connectivity index (χ4v) is 3.38. The van der Waals surface area contributed by atoms with E-state index < -0.39 is 0 Å². The molecule has 0 amide bonds. The zero-order chi connectivity index (χ0) is 13.0. The fraction of sp³-hybridized carbons (Fsp3) is 0.412. The minimum Gasteiger partial charge on any atom is -1.00 e. The minimum atomic E-state index is 0. The Hall–Kier alpha value is 0.344. The summed E-state index contributed by atoms with van der Waals surface area (Å²) >= 11 is 1.97. The Morgan fingerprint density at radius 1 is 1.19 bits per heavy atom. The predicted molar refractivity (Wildman–Crippen MR) is 81.0 cm³/mol. The SMILES string of the molecule is CCCSc1ccccc1C(C)(C)C1=[C-]CC=C1.[Cl-].[Cl-].[Ti+3]. The summed E-state index contributed by atoms with van der Waals surface area (Å²) < 4.78 is 0. The van der Waals surface area contributed by atoms with Crippen LogP contribution in [-0.4, -0.2) is 5.75 Å². The van der Waals surface area contributed by atoms with E-state index in [2.05, 4.69) is 63.3 Å². The monoisotopic (exact) mass is 375 g/mol. The molecule has 1 aliphatic rings. The summed E-state index contributed by atoms with van der Waals surface area (Å²) in [6.07, 6.45) is 10.1. The molecule has 0 N–H and O–H groups in total. The molecule has 0 nitrogen and oxygen atoms in total. The third kappa shape index (κ3) is 5.80. The van der Waals surface area contributed by atoms with E-state index in [0.29, 0.717) is 0 Å². The molecule has 0 atom stereocenters. The summed E-state index contributed by atoms with van der Waals surface area (Å²) in [4.78, 5) is 1.42. The van der Waals surface area contributed by atoms with E-state index in [4.69, 9.17) is 0 Å². The van der Waals surface area contributed by atoms with Crippen LogP contribution >= 0.6 is 11.8 Å². The van der Waals surface area contributed by atoms with Crippen molar-refractivity contribution in [3.05, 3.63) is 53.6 Å². The van der Waals surface area contributed by atoms with Gasteiger partial charge in [-0.1, -0.05) is 39.0 Å². The number of rotatable bonds is 5. The van der Waals surface area contributed by atoms with Crippen molar-refractivity contribution in [1.82, 2.24) is 0 Å². The maximum Gasteiger partial charge on any atom is 3.00 e. The second-order valence-electron chi connectivity index (χ2n) is 5.17. The van der Waals surface area contributed by atoms with Crippen LogP contribution in [0, 0.1) is 6.08 Å². The molecular formula is C17H21Cl2STi. The molecular weight excluding hydrogens is 355 g/mol. The maximum atomic E-state index is 3.47. The molecule has 1 aromatic rings. The van der Waals surface area contributed by atoms with Gasteiger partial charge in [0, 0.05) is 4.90 Å². The van der Waals surface area contributed by atoms with E-state index >= 15 is 0 Å². The van der Waals surface area contributed by atoms with Gasteiger partial charge >= 0.3 is 21.7 Å². The molecule has 21 heavy (non-hydrogen) atoms. The first-order valence-electron chi connectivity index (χ1n) is 6.66. The number of thioether (sulfide) groups is 1. The van der Waals surface area contributed by atoms with Gasteiger partial charge in [-0.3, -0.25) is 6.08 Å². The largest absolute Gasteiger partial charge is 3.00 e. The van der Waals surface area contributed by atoms with Crippen molar-refractivity contribution in [3.63, 3.8) is 0 Å². The molecule has 1 aromatic carbocycles. The minimum absolute atomic E-state index is 0. The zero-order valence-corrected chi connectivity index (χ0v) is 16.6. The van der Waals surface area contributed by atoms with Crippen LogP contribution in [0.25, 0.3) is 0 Å². The molecule has 0 saturated carbocycles. The van der Waals surface area contributed by atoms with E-state index in [9.17, 15) is 0 Å². The van der Waals surface area contributed by atoms with Gasteiger partial charge in [-0.25, -0.2) is 11.6 Å². The van der Waals surface area contributed by atoms with E-state index in [-0.39, 0.29) is 51.9 Å². The normalized spacial score (nSPS) is 12.8. The number of benzene rings is 1. The Balaban J connectivity index is 0. The van der Waals surface area contributed by atoms with E-state index in [0.717, 1.165) is 6.42 Å². The molecule has 0 fully saturated rings. The Kier molecular flexibility index (Phi) is 12.3. The molecule has 0 spiro atoms. The van der Waals surface area contributed by atoms with Crippen LogP contribution < -0.4 is 24.8 Å². The summed E-state index contributed by atoms with van der Waals surface area (Å²) in [7, 11) is 0. The van der Waals surface area contributed by atoms with Gasteiger partial charge in [-0.15, -0.1) is 18.2 Å². The third-order valence-corrected chi connectivity index (χ3v) is 4.67. The van der Waals surface area contributed by atoms with Crippen LogP contribution in [0.5, 0.6) is 0 Å². The van der Waals surface area contributed by atoms with Crippen molar-refractivity contribution in [2.45, 2.75) is 43.9 Å². The maximum absolute atomic E-state index is 3.47. The first kappa shape index (κ1) is 23.6. The number of allylic oxidation sites excluding steroid dienone is 4.